The largest absolute Gasteiger partial charge is 0.380 e. The number of sulfone groups is 1. The maximum Gasteiger partial charge on any atom is 0.152 e. The second-order valence-electron chi connectivity index (χ2n) is 4.82. The molecule has 1 aromatic rings. The lowest BCUT2D eigenvalue weighted by atomic mass is 10.2. The normalized spacial score (nSPS) is 24.2. The van der Waals surface area contributed by atoms with Gasteiger partial charge in [-0.2, -0.15) is 0 Å². The Hall–Kier alpha value is -0.620. The first-order valence-electron chi connectivity index (χ1n) is 5.96. The summed E-state index contributed by atoms with van der Waals surface area (Å²) in [6.07, 6.45) is 3.93. The van der Waals surface area contributed by atoms with Crippen LogP contribution in [0.5, 0.6) is 0 Å². The Balaban J connectivity index is 2.18. The second-order valence-corrected chi connectivity index (χ2v) is 7.89. The molecule has 0 bridgehead atoms. The molecule has 0 radical (unpaired) electrons. The number of nitrogens with one attached hydrogen (secondary N) is 1. The van der Waals surface area contributed by atoms with Gasteiger partial charge in [-0.1, -0.05) is 0 Å². The van der Waals surface area contributed by atoms with E-state index in [9.17, 15) is 8.42 Å². The highest BCUT2D eigenvalue weighted by Crippen LogP contribution is 2.29. The smallest absolute Gasteiger partial charge is 0.152 e. The number of hydrogen-bond acceptors (Lipinski definition) is 4. The molecule has 0 aliphatic heterocycles. The first-order chi connectivity index (χ1) is 8.38. The van der Waals surface area contributed by atoms with Gasteiger partial charge in [0.2, 0.25) is 0 Å². The summed E-state index contributed by atoms with van der Waals surface area (Å²) in [5, 5.41) is 3.05. The summed E-state index contributed by atoms with van der Waals surface area (Å²) in [5.41, 5.74) is 1.79. The standard InChI is InChI=1S/C12H17BrN2O2S/c1-8-9(6-7-12(13)14-8)15-10-4-3-5-11(10)18(2,16)17/h6-7,10-11,15H,3-5H2,1-2H3. The van der Waals surface area contributed by atoms with Crippen LogP contribution in [0.3, 0.4) is 0 Å². The Morgan fingerprint density at radius 3 is 2.72 bits per heavy atom. The summed E-state index contributed by atoms with van der Waals surface area (Å²) in [4.78, 5) is 4.31. The van der Waals surface area contributed by atoms with E-state index in [0.717, 1.165) is 35.2 Å². The van der Waals surface area contributed by atoms with Gasteiger partial charge in [0, 0.05) is 12.3 Å². The predicted octanol–water partition coefficient (Wildman–Crippen LogP) is 2.53. The Labute approximate surface area is 116 Å². The van der Waals surface area contributed by atoms with Crippen molar-refractivity contribution in [1.82, 2.24) is 4.98 Å². The Morgan fingerprint density at radius 2 is 2.11 bits per heavy atom. The number of rotatable bonds is 3. The van der Waals surface area contributed by atoms with Crippen LogP contribution in [0.25, 0.3) is 0 Å². The quantitative estimate of drug-likeness (QED) is 0.864. The molecule has 1 aromatic heterocycles. The molecule has 0 spiro atoms. The van der Waals surface area contributed by atoms with Crippen molar-refractivity contribution in [3.8, 4) is 0 Å². The fourth-order valence-corrected chi connectivity index (χ4v) is 4.28. The number of nitrogens with zero attached hydrogens (tertiary/aromatic N) is 1. The minimum atomic E-state index is -2.98. The summed E-state index contributed by atoms with van der Waals surface area (Å²) < 4.78 is 24.2. The van der Waals surface area contributed by atoms with Crippen molar-refractivity contribution < 1.29 is 8.42 Å². The zero-order chi connectivity index (χ0) is 13.3. The van der Waals surface area contributed by atoms with Crippen molar-refractivity contribution in [2.45, 2.75) is 37.5 Å². The highest BCUT2D eigenvalue weighted by molar-refractivity contribution is 9.10. The Bertz CT molecular complexity index is 545. The first-order valence-corrected chi connectivity index (χ1v) is 8.71. The summed E-state index contributed by atoms with van der Waals surface area (Å²) in [6.45, 7) is 1.91. The second kappa shape index (κ2) is 5.17. The minimum absolute atomic E-state index is 0.00155. The van der Waals surface area contributed by atoms with Gasteiger partial charge in [-0.25, -0.2) is 13.4 Å². The predicted molar refractivity (Wildman–Crippen MR) is 76.6 cm³/mol. The van der Waals surface area contributed by atoms with Crippen molar-refractivity contribution in [3.63, 3.8) is 0 Å². The van der Waals surface area contributed by atoms with Crippen molar-refractivity contribution in [2.24, 2.45) is 0 Å². The SMILES string of the molecule is Cc1nc(Br)ccc1NC1CCCC1S(C)(=O)=O. The van der Waals surface area contributed by atoms with Crippen LogP contribution in [0.15, 0.2) is 16.7 Å². The third-order valence-corrected chi connectivity index (χ3v) is 5.50. The number of aromatic nitrogens is 1. The molecule has 1 heterocycles. The molecule has 2 rings (SSSR count). The number of hydrogen-bond donors (Lipinski definition) is 1. The molecule has 1 N–H and O–H groups in total. The van der Waals surface area contributed by atoms with Crippen LogP contribution in [0.2, 0.25) is 0 Å². The molecule has 1 fully saturated rings. The molecular formula is C12H17BrN2O2S. The van der Waals surface area contributed by atoms with Crippen molar-refractivity contribution >= 4 is 31.5 Å². The van der Waals surface area contributed by atoms with Crippen molar-refractivity contribution in [1.29, 1.82) is 0 Å². The van der Waals surface area contributed by atoms with E-state index in [1.807, 2.05) is 19.1 Å². The van der Waals surface area contributed by atoms with Crippen LogP contribution in [0.4, 0.5) is 5.69 Å². The summed E-state index contributed by atoms with van der Waals surface area (Å²) in [7, 11) is -2.98. The molecule has 1 aliphatic rings. The molecule has 4 nitrogen and oxygen atoms in total. The van der Waals surface area contributed by atoms with Crippen LogP contribution < -0.4 is 5.32 Å². The minimum Gasteiger partial charge on any atom is -0.380 e. The van der Waals surface area contributed by atoms with E-state index >= 15 is 0 Å². The van der Waals surface area contributed by atoms with E-state index in [4.69, 9.17) is 0 Å². The van der Waals surface area contributed by atoms with Crippen molar-refractivity contribution in [2.75, 3.05) is 11.6 Å². The van der Waals surface area contributed by atoms with Crippen LogP contribution in [-0.2, 0) is 9.84 Å². The summed E-state index contributed by atoms with van der Waals surface area (Å²) in [6, 6.07) is 3.80. The van der Waals surface area contributed by atoms with E-state index < -0.39 is 9.84 Å². The van der Waals surface area contributed by atoms with E-state index in [1.54, 1.807) is 0 Å². The maximum atomic E-state index is 11.7. The zero-order valence-electron chi connectivity index (χ0n) is 10.5. The maximum absolute atomic E-state index is 11.7. The van der Waals surface area contributed by atoms with E-state index in [-0.39, 0.29) is 11.3 Å². The van der Waals surface area contributed by atoms with E-state index in [1.165, 1.54) is 6.26 Å². The fraction of sp³-hybridized carbons (Fsp3) is 0.583. The molecule has 0 aromatic carbocycles. The Morgan fingerprint density at radius 1 is 1.39 bits per heavy atom. The molecule has 0 saturated heterocycles. The van der Waals surface area contributed by atoms with Crippen LogP contribution >= 0.6 is 15.9 Å². The van der Waals surface area contributed by atoms with Gasteiger partial charge in [0.25, 0.3) is 0 Å². The van der Waals surface area contributed by atoms with Gasteiger partial charge in [-0.15, -0.1) is 0 Å². The Kier molecular flexibility index (Phi) is 3.96. The molecule has 2 unspecified atom stereocenters. The highest BCUT2D eigenvalue weighted by Gasteiger charge is 2.34. The molecule has 1 saturated carbocycles. The first kappa shape index (κ1) is 13.8. The average molecular weight is 333 g/mol. The molecule has 0 amide bonds. The number of anilines is 1. The van der Waals surface area contributed by atoms with Gasteiger partial charge < -0.3 is 5.32 Å². The third-order valence-electron chi connectivity index (χ3n) is 3.40. The molecule has 2 atom stereocenters. The van der Waals surface area contributed by atoms with Gasteiger partial charge in [-0.3, -0.25) is 0 Å². The third kappa shape index (κ3) is 3.03. The van der Waals surface area contributed by atoms with Crippen LogP contribution in [0, 0.1) is 6.92 Å². The lowest BCUT2D eigenvalue weighted by Crippen LogP contribution is -2.34. The molecular weight excluding hydrogens is 316 g/mol. The number of aryl methyl sites for hydroxylation is 1. The fourth-order valence-electron chi connectivity index (χ4n) is 2.49. The summed E-state index contributed by atoms with van der Waals surface area (Å²) in [5.74, 6) is 0. The van der Waals surface area contributed by atoms with Crippen LogP contribution in [0.1, 0.15) is 25.0 Å². The number of halogens is 1. The lowest BCUT2D eigenvalue weighted by Gasteiger charge is -2.21. The van der Waals surface area contributed by atoms with Gasteiger partial charge in [0.1, 0.15) is 4.60 Å². The number of pyridine rings is 1. The topological polar surface area (TPSA) is 59.1 Å². The average Bonchev–Trinajstić information content (AvgIpc) is 2.70. The van der Waals surface area contributed by atoms with Gasteiger partial charge in [0.15, 0.2) is 9.84 Å². The van der Waals surface area contributed by atoms with Crippen LogP contribution in [-0.4, -0.2) is 30.9 Å². The highest BCUT2D eigenvalue weighted by atomic mass is 79.9. The van der Waals surface area contributed by atoms with Gasteiger partial charge in [0.05, 0.1) is 16.6 Å². The molecule has 18 heavy (non-hydrogen) atoms. The molecule has 6 heteroatoms. The zero-order valence-corrected chi connectivity index (χ0v) is 12.9. The monoisotopic (exact) mass is 332 g/mol. The summed E-state index contributed by atoms with van der Waals surface area (Å²) >= 11 is 3.32. The van der Waals surface area contributed by atoms with E-state index in [2.05, 4.69) is 26.2 Å². The molecule has 1 aliphatic carbocycles. The van der Waals surface area contributed by atoms with Gasteiger partial charge in [-0.05, 0) is 54.2 Å². The van der Waals surface area contributed by atoms with E-state index in [0.29, 0.717) is 0 Å². The molecule has 100 valence electrons. The lowest BCUT2D eigenvalue weighted by molar-refractivity contribution is 0.579. The van der Waals surface area contributed by atoms with Gasteiger partial charge >= 0.3 is 0 Å². The van der Waals surface area contributed by atoms with Crippen molar-refractivity contribution in [3.05, 3.63) is 22.4 Å².